The molecule has 2 rings (SSSR count). The molecule has 0 spiro atoms. The molecule has 0 saturated carbocycles. The minimum atomic E-state index is -0.0608. The van der Waals surface area contributed by atoms with Gasteiger partial charge in [0.15, 0.2) is 12.0 Å². The number of aldehydes is 1. The average molecular weight is 271 g/mol. The van der Waals surface area contributed by atoms with Crippen LogP contribution >= 0.6 is 0 Å². The van der Waals surface area contributed by atoms with E-state index in [-0.39, 0.29) is 11.8 Å². The molecular formula is C16H17NO3. The lowest BCUT2D eigenvalue weighted by Crippen LogP contribution is -2.18. The van der Waals surface area contributed by atoms with Crippen molar-refractivity contribution < 1.29 is 14.0 Å². The highest BCUT2D eigenvalue weighted by atomic mass is 16.3. The van der Waals surface area contributed by atoms with E-state index < -0.39 is 0 Å². The second kappa shape index (κ2) is 5.74. The van der Waals surface area contributed by atoms with E-state index >= 15 is 0 Å². The van der Waals surface area contributed by atoms with Crippen LogP contribution < -0.4 is 5.32 Å². The predicted molar refractivity (Wildman–Crippen MR) is 77.7 cm³/mol. The summed E-state index contributed by atoms with van der Waals surface area (Å²) in [5.74, 6) is 0.864. The van der Waals surface area contributed by atoms with Crippen LogP contribution in [0.4, 0.5) is 5.69 Å². The van der Waals surface area contributed by atoms with Crippen LogP contribution in [0, 0.1) is 12.8 Å². The number of benzene rings is 1. The molecule has 4 nitrogen and oxygen atoms in total. The van der Waals surface area contributed by atoms with Crippen LogP contribution in [0.1, 0.15) is 30.0 Å². The highest BCUT2D eigenvalue weighted by Gasteiger charge is 2.10. The fraction of sp³-hybridized carbons (Fsp3) is 0.250. The third-order valence-corrected chi connectivity index (χ3v) is 3.04. The number of aryl methyl sites for hydroxylation is 1. The molecule has 0 aliphatic heterocycles. The number of amides is 1. The van der Waals surface area contributed by atoms with Gasteiger partial charge in [0.1, 0.15) is 5.76 Å². The second-order valence-corrected chi connectivity index (χ2v) is 4.99. The van der Waals surface area contributed by atoms with Crippen molar-refractivity contribution in [3.05, 3.63) is 41.7 Å². The molecule has 104 valence electrons. The van der Waals surface area contributed by atoms with Crippen molar-refractivity contribution in [2.75, 3.05) is 5.32 Å². The van der Waals surface area contributed by atoms with Crippen molar-refractivity contribution in [1.29, 1.82) is 0 Å². The summed E-state index contributed by atoms with van der Waals surface area (Å²) in [5.41, 5.74) is 2.60. The van der Waals surface area contributed by atoms with Crippen molar-refractivity contribution in [2.24, 2.45) is 5.92 Å². The van der Waals surface area contributed by atoms with Crippen LogP contribution in [0.5, 0.6) is 0 Å². The molecule has 0 bridgehead atoms. The van der Waals surface area contributed by atoms with E-state index in [2.05, 4.69) is 5.32 Å². The van der Waals surface area contributed by atoms with Crippen LogP contribution in [0.25, 0.3) is 11.3 Å². The fourth-order valence-electron chi connectivity index (χ4n) is 1.81. The topological polar surface area (TPSA) is 59.3 Å². The van der Waals surface area contributed by atoms with Gasteiger partial charge in [-0.3, -0.25) is 9.59 Å². The molecule has 1 heterocycles. The van der Waals surface area contributed by atoms with Crippen LogP contribution in [0.15, 0.2) is 34.7 Å². The van der Waals surface area contributed by atoms with Gasteiger partial charge in [0.2, 0.25) is 5.91 Å². The summed E-state index contributed by atoms with van der Waals surface area (Å²) in [6, 6.07) is 9.00. The molecule has 1 N–H and O–H groups in total. The largest absolute Gasteiger partial charge is 0.453 e. The average Bonchev–Trinajstić information content (AvgIpc) is 2.89. The van der Waals surface area contributed by atoms with Gasteiger partial charge in [-0.1, -0.05) is 13.8 Å². The van der Waals surface area contributed by atoms with E-state index in [0.717, 1.165) is 16.8 Å². The summed E-state index contributed by atoms with van der Waals surface area (Å²) in [4.78, 5) is 22.3. The summed E-state index contributed by atoms with van der Waals surface area (Å²) in [5, 5.41) is 2.88. The lowest BCUT2D eigenvalue weighted by atomic mass is 10.1. The predicted octanol–water partition coefficient (Wildman–Crippen LogP) is 3.66. The quantitative estimate of drug-likeness (QED) is 0.863. The maximum absolute atomic E-state index is 11.7. The number of carbonyl (C=O) groups is 2. The van der Waals surface area contributed by atoms with Gasteiger partial charge < -0.3 is 9.73 Å². The first-order chi connectivity index (χ1) is 9.51. The summed E-state index contributed by atoms with van der Waals surface area (Å²) in [6.45, 7) is 5.62. The molecule has 0 atom stereocenters. The van der Waals surface area contributed by atoms with E-state index in [1.54, 1.807) is 12.1 Å². The van der Waals surface area contributed by atoms with Crippen molar-refractivity contribution in [3.63, 3.8) is 0 Å². The van der Waals surface area contributed by atoms with Gasteiger partial charge >= 0.3 is 0 Å². The Morgan fingerprint density at radius 1 is 1.25 bits per heavy atom. The van der Waals surface area contributed by atoms with E-state index in [9.17, 15) is 9.59 Å². The van der Waals surface area contributed by atoms with Gasteiger partial charge in [-0.25, -0.2) is 0 Å². The standard InChI is InChI=1S/C16H17NO3/c1-10(2)16(19)17-14-6-4-12(8-11(14)3)15-7-5-13(9-18)20-15/h4-10H,1-3H3,(H,17,19). The van der Waals surface area contributed by atoms with Crippen LogP contribution in [-0.2, 0) is 4.79 Å². The third kappa shape index (κ3) is 2.96. The Bertz CT molecular complexity index is 641. The highest BCUT2D eigenvalue weighted by Crippen LogP contribution is 2.26. The summed E-state index contributed by atoms with van der Waals surface area (Å²) in [7, 11) is 0. The summed E-state index contributed by atoms with van der Waals surface area (Å²) >= 11 is 0. The molecule has 1 amide bonds. The third-order valence-electron chi connectivity index (χ3n) is 3.04. The fourth-order valence-corrected chi connectivity index (χ4v) is 1.81. The van der Waals surface area contributed by atoms with Gasteiger partial charge in [-0.2, -0.15) is 0 Å². The zero-order valence-electron chi connectivity index (χ0n) is 11.8. The SMILES string of the molecule is Cc1cc(-c2ccc(C=O)o2)ccc1NC(=O)C(C)C. The smallest absolute Gasteiger partial charge is 0.226 e. The molecule has 1 aromatic heterocycles. The molecule has 0 saturated heterocycles. The molecule has 4 heteroatoms. The van der Waals surface area contributed by atoms with Crippen molar-refractivity contribution in [1.82, 2.24) is 0 Å². The molecule has 1 aromatic carbocycles. The molecule has 0 unspecified atom stereocenters. The van der Waals surface area contributed by atoms with Gasteiger partial charge in [0, 0.05) is 17.2 Å². The number of nitrogens with one attached hydrogen (secondary N) is 1. The highest BCUT2D eigenvalue weighted by molar-refractivity contribution is 5.93. The minimum absolute atomic E-state index is 0.0120. The molecule has 0 radical (unpaired) electrons. The first-order valence-corrected chi connectivity index (χ1v) is 6.48. The van der Waals surface area contributed by atoms with E-state index in [4.69, 9.17) is 4.42 Å². The van der Waals surface area contributed by atoms with Gasteiger partial charge in [-0.05, 0) is 42.8 Å². The Hall–Kier alpha value is -2.36. The number of carbonyl (C=O) groups excluding carboxylic acids is 2. The summed E-state index contributed by atoms with van der Waals surface area (Å²) < 4.78 is 5.38. The minimum Gasteiger partial charge on any atom is -0.453 e. The van der Waals surface area contributed by atoms with Gasteiger partial charge in [0.25, 0.3) is 0 Å². The van der Waals surface area contributed by atoms with Gasteiger partial charge in [-0.15, -0.1) is 0 Å². The molecule has 0 fully saturated rings. The second-order valence-electron chi connectivity index (χ2n) is 4.99. The zero-order valence-corrected chi connectivity index (χ0v) is 11.8. The molecule has 0 aliphatic rings. The van der Waals surface area contributed by atoms with Crippen molar-refractivity contribution in [3.8, 4) is 11.3 Å². The van der Waals surface area contributed by atoms with Crippen LogP contribution in [-0.4, -0.2) is 12.2 Å². The Labute approximate surface area is 117 Å². The van der Waals surface area contributed by atoms with Crippen LogP contribution in [0.3, 0.4) is 0 Å². The first kappa shape index (κ1) is 14.1. The number of rotatable bonds is 4. The van der Waals surface area contributed by atoms with Crippen molar-refractivity contribution in [2.45, 2.75) is 20.8 Å². The number of hydrogen-bond donors (Lipinski definition) is 1. The Kier molecular flexibility index (Phi) is 4.03. The molecule has 0 aliphatic carbocycles. The van der Waals surface area contributed by atoms with Crippen molar-refractivity contribution >= 4 is 17.9 Å². The zero-order chi connectivity index (χ0) is 14.7. The molecule has 2 aromatic rings. The lowest BCUT2D eigenvalue weighted by molar-refractivity contribution is -0.118. The molecular weight excluding hydrogens is 254 g/mol. The van der Waals surface area contributed by atoms with Crippen LogP contribution in [0.2, 0.25) is 0 Å². The van der Waals surface area contributed by atoms with E-state index in [1.807, 2.05) is 39.0 Å². The maximum Gasteiger partial charge on any atom is 0.226 e. The van der Waals surface area contributed by atoms with E-state index in [0.29, 0.717) is 17.8 Å². The molecule has 20 heavy (non-hydrogen) atoms. The monoisotopic (exact) mass is 271 g/mol. The lowest BCUT2D eigenvalue weighted by Gasteiger charge is -2.11. The summed E-state index contributed by atoms with van der Waals surface area (Å²) in [6.07, 6.45) is 0.674. The number of furan rings is 1. The Morgan fingerprint density at radius 3 is 2.55 bits per heavy atom. The Morgan fingerprint density at radius 2 is 2.00 bits per heavy atom. The normalized spacial score (nSPS) is 10.6. The maximum atomic E-state index is 11.7. The first-order valence-electron chi connectivity index (χ1n) is 6.48. The Balaban J connectivity index is 2.25. The van der Waals surface area contributed by atoms with Gasteiger partial charge in [0.05, 0.1) is 0 Å². The van der Waals surface area contributed by atoms with E-state index in [1.165, 1.54) is 0 Å². The number of anilines is 1. The number of hydrogen-bond acceptors (Lipinski definition) is 3.